The first-order valence-corrected chi connectivity index (χ1v) is 8.95. The van der Waals surface area contributed by atoms with Gasteiger partial charge in [0.15, 0.2) is 0 Å². The highest BCUT2D eigenvalue weighted by atomic mass is 16.7. The maximum atomic E-state index is 11.8. The van der Waals surface area contributed by atoms with Crippen molar-refractivity contribution < 1.29 is 9.63 Å². The number of hydrogen-bond donors (Lipinski definition) is 0. The van der Waals surface area contributed by atoms with Gasteiger partial charge in [0.05, 0.1) is 0 Å². The largest absolute Gasteiger partial charge is 0.343 e. The van der Waals surface area contributed by atoms with Crippen molar-refractivity contribution in [1.82, 2.24) is 9.96 Å². The van der Waals surface area contributed by atoms with Crippen molar-refractivity contribution in [3.8, 4) is 0 Å². The lowest BCUT2D eigenvalue weighted by atomic mass is 9.78. The van der Waals surface area contributed by atoms with Crippen LogP contribution in [0.4, 0.5) is 0 Å². The fraction of sp³-hybridized carbons (Fsp3) is 0.750. The van der Waals surface area contributed by atoms with Crippen molar-refractivity contribution in [3.05, 3.63) is 23.8 Å². The van der Waals surface area contributed by atoms with Crippen molar-refractivity contribution in [3.63, 3.8) is 0 Å². The molecule has 138 valence electrons. The SMILES string of the molecule is C/C=C\C(=C/C)C(C)ON1C(C)(C)CC(N(C)C(C)=O)CC1(C)C. The number of nitrogens with zero attached hydrogens (tertiary/aromatic N) is 2. The average molecular weight is 337 g/mol. The normalized spacial score (nSPS) is 23.5. The minimum atomic E-state index is -0.154. The Hall–Kier alpha value is -1.13. The Bertz CT molecular complexity index is 488. The van der Waals surface area contributed by atoms with E-state index in [1.807, 2.05) is 31.9 Å². The van der Waals surface area contributed by atoms with Crippen LogP contribution in [0, 0.1) is 0 Å². The molecule has 24 heavy (non-hydrogen) atoms. The molecule has 1 unspecified atom stereocenters. The summed E-state index contributed by atoms with van der Waals surface area (Å²) < 4.78 is 0. The molecule has 0 aliphatic carbocycles. The monoisotopic (exact) mass is 336 g/mol. The molecule has 1 amide bonds. The summed E-state index contributed by atoms with van der Waals surface area (Å²) in [5.41, 5.74) is 0.866. The molecule has 0 aromatic carbocycles. The third-order valence-corrected chi connectivity index (χ3v) is 5.04. The maximum Gasteiger partial charge on any atom is 0.219 e. The summed E-state index contributed by atoms with van der Waals surface area (Å²) >= 11 is 0. The van der Waals surface area contributed by atoms with E-state index < -0.39 is 0 Å². The number of hydroxylamine groups is 2. The summed E-state index contributed by atoms with van der Waals surface area (Å²) in [4.78, 5) is 20.1. The molecular formula is C20H36N2O2. The molecule has 4 heteroatoms. The molecule has 1 heterocycles. The van der Waals surface area contributed by atoms with Gasteiger partial charge in [0.2, 0.25) is 5.91 Å². The molecule has 1 rings (SSSR count). The Morgan fingerprint density at radius 1 is 1.21 bits per heavy atom. The fourth-order valence-corrected chi connectivity index (χ4v) is 3.90. The van der Waals surface area contributed by atoms with Crippen molar-refractivity contribution in [2.75, 3.05) is 7.05 Å². The quantitative estimate of drug-likeness (QED) is 0.701. The first kappa shape index (κ1) is 20.9. The number of allylic oxidation sites excluding steroid dienone is 2. The molecule has 1 aliphatic rings. The standard InChI is InChI=1S/C20H36N2O2/c1-10-12-17(11-2)15(3)24-22-19(5,6)13-18(14-20(22,7)8)21(9)16(4)23/h10-12,15,18H,13-14H2,1-9H3/b12-10-,17-11+. The summed E-state index contributed by atoms with van der Waals surface area (Å²) in [7, 11) is 1.91. The Morgan fingerprint density at radius 2 is 1.71 bits per heavy atom. The first-order valence-electron chi connectivity index (χ1n) is 8.95. The molecule has 0 saturated carbocycles. The maximum absolute atomic E-state index is 11.8. The Morgan fingerprint density at radius 3 is 2.08 bits per heavy atom. The van der Waals surface area contributed by atoms with E-state index in [0.29, 0.717) is 0 Å². The van der Waals surface area contributed by atoms with E-state index in [-0.39, 0.29) is 29.1 Å². The third kappa shape index (κ3) is 4.70. The molecule has 1 fully saturated rings. The second-order valence-corrected chi connectivity index (χ2v) is 8.15. The van der Waals surface area contributed by atoms with Gasteiger partial charge in [0.1, 0.15) is 6.10 Å². The second-order valence-electron chi connectivity index (χ2n) is 8.15. The van der Waals surface area contributed by atoms with Crippen LogP contribution in [0.3, 0.4) is 0 Å². The number of amides is 1. The molecule has 0 radical (unpaired) electrons. The van der Waals surface area contributed by atoms with Crippen LogP contribution in [-0.2, 0) is 9.63 Å². The van der Waals surface area contributed by atoms with Crippen molar-refractivity contribution in [2.45, 2.75) is 91.5 Å². The molecular weight excluding hydrogens is 300 g/mol. The number of carbonyl (C=O) groups is 1. The molecule has 1 aliphatic heterocycles. The van der Waals surface area contributed by atoms with Crippen molar-refractivity contribution >= 4 is 5.91 Å². The smallest absolute Gasteiger partial charge is 0.219 e. The Kier molecular flexibility index (Phi) is 6.83. The molecule has 1 atom stereocenters. The highest BCUT2D eigenvalue weighted by Gasteiger charge is 2.48. The van der Waals surface area contributed by atoms with Gasteiger partial charge in [-0.1, -0.05) is 18.2 Å². The summed E-state index contributed by atoms with van der Waals surface area (Å²) in [6.45, 7) is 16.6. The third-order valence-electron chi connectivity index (χ3n) is 5.04. The topological polar surface area (TPSA) is 32.8 Å². The summed E-state index contributed by atoms with van der Waals surface area (Å²) in [6.07, 6.45) is 8.02. The summed E-state index contributed by atoms with van der Waals surface area (Å²) in [5, 5.41) is 2.15. The first-order chi connectivity index (χ1) is 11.0. The highest BCUT2D eigenvalue weighted by Crippen LogP contribution is 2.41. The van der Waals surface area contributed by atoms with E-state index in [9.17, 15) is 4.79 Å². The predicted octanol–water partition coefficient (Wildman–Crippen LogP) is 4.33. The van der Waals surface area contributed by atoms with Gasteiger partial charge < -0.3 is 4.90 Å². The second kappa shape index (κ2) is 7.83. The lowest BCUT2D eigenvalue weighted by Crippen LogP contribution is -2.64. The van der Waals surface area contributed by atoms with E-state index in [4.69, 9.17) is 4.84 Å². The zero-order valence-corrected chi connectivity index (χ0v) is 17.0. The zero-order chi connectivity index (χ0) is 18.7. The number of carbonyl (C=O) groups excluding carboxylic acids is 1. The lowest BCUT2D eigenvalue weighted by Gasteiger charge is -2.55. The van der Waals surface area contributed by atoms with Crippen molar-refractivity contribution in [2.24, 2.45) is 0 Å². The molecule has 0 N–H and O–H groups in total. The van der Waals surface area contributed by atoms with E-state index in [1.165, 1.54) is 5.57 Å². The van der Waals surface area contributed by atoms with E-state index in [0.717, 1.165) is 12.8 Å². The Balaban J connectivity index is 3.02. The van der Waals surface area contributed by atoms with E-state index in [2.05, 4.69) is 51.8 Å². The van der Waals surface area contributed by atoms with Gasteiger partial charge in [0.25, 0.3) is 0 Å². The molecule has 0 spiro atoms. The van der Waals surface area contributed by atoms with Gasteiger partial charge in [-0.05, 0) is 66.9 Å². The lowest BCUT2D eigenvalue weighted by molar-refractivity contribution is -0.300. The van der Waals surface area contributed by atoms with Crippen LogP contribution < -0.4 is 0 Å². The summed E-state index contributed by atoms with van der Waals surface area (Å²) in [6, 6.07) is 0.236. The average Bonchev–Trinajstić information content (AvgIpc) is 2.46. The van der Waals surface area contributed by atoms with Gasteiger partial charge in [0, 0.05) is 31.1 Å². The van der Waals surface area contributed by atoms with Gasteiger partial charge in [-0.3, -0.25) is 9.63 Å². The van der Waals surface area contributed by atoms with Gasteiger partial charge in [-0.25, -0.2) is 0 Å². The van der Waals surface area contributed by atoms with Crippen molar-refractivity contribution in [1.29, 1.82) is 0 Å². The number of rotatable bonds is 5. The minimum absolute atomic E-state index is 0.00756. The van der Waals surface area contributed by atoms with Crippen LogP contribution in [-0.4, -0.2) is 46.1 Å². The van der Waals surface area contributed by atoms with Gasteiger partial charge >= 0.3 is 0 Å². The van der Waals surface area contributed by atoms with Gasteiger partial charge in [-0.2, -0.15) is 5.06 Å². The fourth-order valence-electron chi connectivity index (χ4n) is 3.90. The van der Waals surface area contributed by atoms with Crippen LogP contribution in [0.15, 0.2) is 23.8 Å². The molecule has 4 nitrogen and oxygen atoms in total. The molecule has 0 bridgehead atoms. The predicted molar refractivity (Wildman–Crippen MR) is 101 cm³/mol. The molecule has 0 aromatic rings. The zero-order valence-electron chi connectivity index (χ0n) is 17.0. The number of hydrogen-bond acceptors (Lipinski definition) is 3. The van der Waals surface area contributed by atoms with Crippen LogP contribution in [0.5, 0.6) is 0 Å². The molecule has 0 aromatic heterocycles. The van der Waals surface area contributed by atoms with Crippen LogP contribution >= 0.6 is 0 Å². The minimum Gasteiger partial charge on any atom is -0.343 e. The molecule has 1 saturated heterocycles. The van der Waals surface area contributed by atoms with Crippen LogP contribution in [0.1, 0.15) is 68.2 Å². The van der Waals surface area contributed by atoms with Crippen LogP contribution in [0.2, 0.25) is 0 Å². The van der Waals surface area contributed by atoms with E-state index in [1.54, 1.807) is 6.92 Å². The number of piperidine rings is 1. The van der Waals surface area contributed by atoms with Gasteiger partial charge in [-0.15, -0.1) is 0 Å². The Labute approximate surface area is 148 Å². The summed E-state index contributed by atoms with van der Waals surface area (Å²) in [5.74, 6) is 0.124. The van der Waals surface area contributed by atoms with E-state index >= 15 is 0 Å². The van der Waals surface area contributed by atoms with Crippen LogP contribution in [0.25, 0.3) is 0 Å². The highest BCUT2D eigenvalue weighted by molar-refractivity contribution is 5.73.